The molecule has 1 saturated carbocycles. The molecule has 6 rings (SSSR count). The molecule has 43 heavy (non-hydrogen) atoms. The largest absolute Gasteiger partial charge is 0.378 e. The summed E-state index contributed by atoms with van der Waals surface area (Å²) < 4.78 is 35.3. The van der Waals surface area contributed by atoms with Crippen molar-refractivity contribution in [1.82, 2.24) is 29.7 Å². The molecule has 3 aliphatic rings. The number of anilines is 1. The average molecular weight is 596 g/mol. The van der Waals surface area contributed by atoms with Gasteiger partial charge in [0, 0.05) is 36.8 Å². The number of benzene rings is 1. The van der Waals surface area contributed by atoms with Gasteiger partial charge in [0.1, 0.15) is 5.82 Å². The van der Waals surface area contributed by atoms with Gasteiger partial charge in [-0.15, -0.1) is 0 Å². The topological polar surface area (TPSA) is 88.4 Å². The Morgan fingerprint density at radius 2 is 1.74 bits per heavy atom. The molecule has 1 aliphatic carbocycles. The van der Waals surface area contributed by atoms with Crippen LogP contribution in [0.4, 0.5) is 14.7 Å². The quantitative estimate of drug-likeness (QED) is 0.375. The molecule has 1 N–H and O–H groups in total. The number of aromatic nitrogens is 4. The minimum Gasteiger partial charge on any atom is -0.378 e. The van der Waals surface area contributed by atoms with E-state index in [1.165, 1.54) is 4.57 Å². The lowest BCUT2D eigenvalue weighted by Gasteiger charge is -2.32. The van der Waals surface area contributed by atoms with Crippen molar-refractivity contribution in [1.29, 1.82) is 0 Å². The van der Waals surface area contributed by atoms with Gasteiger partial charge in [0.15, 0.2) is 5.82 Å². The summed E-state index contributed by atoms with van der Waals surface area (Å²) in [6.07, 6.45) is 6.26. The van der Waals surface area contributed by atoms with Crippen LogP contribution < -0.4 is 10.2 Å². The monoisotopic (exact) mass is 595 g/mol. The van der Waals surface area contributed by atoms with Crippen molar-refractivity contribution < 1.29 is 18.3 Å². The molecule has 1 aromatic carbocycles. The molecule has 0 spiro atoms. The van der Waals surface area contributed by atoms with Gasteiger partial charge in [-0.2, -0.15) is 4.98 Å². The molecule has 0 unspecified atom stereocenters. The van der Waals surface area contributed by atoms with Gasteiger partial charge >= 0.3 is 0 Å². The number of morpholine rings is 1. The Kier molecular flexibility index (Phi) is 9.47. The normalized spacial score (nSPS) is 22.4. The van der Waals surface area contributed by atoms with Gasteiger partial charge < -0.3 is 19.9 Å². The van der Waals surface area contributed by atoms with Crippen LogP contribution in [-0.4, -0.2) is 82.8 Å². The van der Waals surface area contributed by atoms with Crippen LogP contribution in [0.2, 0.25) is 0 Å². The highest BCUT2D eigenvalue weighted by Gasteiger charge is 2.28. The van der Waals surface area contributed by atoms with Crippen LogP contribution in [0, 0.1) is 11.8 Å². The third-order valence-electron chi connectivity index (χ3n) is 9.39. The molecule has 2 aliphatic heterocycles. The van der Waals surface area contributed by atoms with Crippen LogP contribution in [0.3, 0.4) is 0 Å². The van der Waals surface area contributed by atoms with E-state index in [1.807, 2.05) is 12.1 Å². The first-order valence-electron chi connectivity index (χ1n) is 15.9. The summed E-state index contributed by atoms with van der Waals surface area (Å²) in [5.41, 5.74) is 1.97. The lowest BCUT2D eigenvalue weighted by Crippen LogP contribution is -2.44. The van der Waals surface area contributed by atoms with E-state index in [0.29, 0.717) is 55.0 Å². The van der Waals surface area contributed by atoms with E-state index >= 15 is 0 Å². The van der Waals surface area contributed by atoms with E-state index < -0.39 is 6.43 Å². The number of halogens is 2. The number of imidazole rings is 1. The molecule has 2 saturated heterocycles. The smallest absolute Gasteiger partial charge is 0.296 e. The summed E-state index contributed by atoms with van der Waals surface area (Å²) in [5.74, 6) is 1.70. The highest BCUT2D eigenvalue weighted by atomic mass is 19.3. The van der Waals surface area contributed by atoms with Crippen molar-refractivity contribution in [3.8, 4) is 5.82 Å². The number of ether oxygens (including phenoxy) is 1. The number of hydrogen-bond acceptors (Lipinski definition) is 7. The molecule has 3 aromatic rings. The molecule has 11 heteroatoms. The first-order chi connectivity index (χ1) is 20.9. The number of likely N-dealkylation sites (tertiary alicyclic amines) is 1. The molecule has 0 atom stereocenters. The van der Waals surface area contributed by atoms with Crippen molar-refractivity contribution >= 4 is 22.9 Å². The first kappa shape index (κ1) is 29.9. The van der Waals surface area contributed by atoms with Crippen LogP contribution in [0.1, 0.15) is 69.3 Å². The number of alkyl halides is 2. The second-order valence-electron chi connectivity index (χ2n) is 12.4. The maximum absolute atomic E-state index is 14.1. The van der Waals surface area contributed by atoms with E-state index in [-0.39, 0.29) is 23.7 Å². The third kappa shape index (κ3) is 7.15. The van der Waals surface area contributed by atoms with E-state index in [9.17, 15) is 13.6 Å². The predicted octanol–water partition coefficient (Wildman–Crippen LogP) is 4.93. The van der Waals surface area contributed by atoms with E-state index in [1.54, 1.807) is 18.2 Å². The summed E-state index contributed by atoms with van der Waals surface area (Å²) in [5, 5.41) is 3.34. The molecule has 9 nitrogen and oxygen atoms in total. The van der Waals surface area contributed by atoms with Gasteiger partial charge in [0.05, 0.1) is 24.2 Å². The third-order valence-corrected chi connectivity index (χ3v) is 9.39. The highest BCUT2D eigenvalue weighted by Crippen LogP contribution is 2.31. The van der Waals surface area contributed by atoms with E-state index in [0.717, 1.165) is 76.6 Å². The number of nitrogens with one attached hydrogen (secondary N) is 1. The Bertz CT molecular complexity index is 1380. The minimum absolute atomic E-state index is 0.158. The number of nitrogens with zero attached hydrogens (tertiary/aromatic N) is 6. The van der Waals surface area contributed by atoms with Crippen LogP contribution in [0.25, 0.3) is 16.9 Å². The molecule has 0 radical (unpaired) electrons. The number of fused-ring (bicyclic) bond motifs is 1. The fourth-order valence-electron chi connectivity index (χ4n) is 6.81. The molecule has 2 aromatic heterocycles. The summed E-state index contributed by atoms with van der Waals surface area (Å²) in [6.45, 7) is 4.48. The second kappa shape index (κ2) is 13.6. The van der Waals surface area contributed by atoms with Crippen molar-refractivity contribution in [3.63, 3.8) is 0 Å². The number of carbonyl (C=O) groups is 1. The number of para-hydroxylation sites is 2. The van der Waals surface area contributed by atoms with Crippen LogP contribution >= 0.6 is 0 Å². The predicted molar refractivity (Wildman–Crippen MR) is 162 cm³/mol. The Morgan fingerprint density at radius 1 is 1.00 bits per heavy atom. The zero-order chi connectivity index (χ0) is 29.8. The number of rotatable bonds is 9. The lowest BCUT2D eigenvalue weighted by molar-refractivity contribution is -0.127. The molecule has 3 fully saturated rings. The Balaban J connectivity index is 1.10. The first-order valence-corrected chi connectivity index (χ1v) is 15.9. The molecule has 0 bridgehead atoms. The fourth-order valence-corrected chi connectivity index (χ4v) is 6.81. The summed E-state index contributed by atoms with van der Waals surface area (Å²) in [4.78, 5) is 31.0. The second-order valence-corrected chi connectivity index (χ2v) is 12.4. The molecular weight excluding hydrogens is 552 g/mol. The average Bonchev–Trinajstić information content (AvgIpc) is 3.43. The number of piperidine rings is 1. The Hall–Kier alpha value is -3.18. The van der Waals surface area contributed by atoms with Gasteiger partial charge in [-0.25, -0.2) is 18.7 Å². The van der Waals surface area contributed by atoms with Crippen LogP contribution in [-0.2, 0) is 16.0 Å². The zero-order valence-electron chi connectivity index (χ0n) is 25.1. The van der Waals surface area contributed by atoms with Gasteiger partial charge in [-0.05, 0) is 89.6 Å². The van der Waals surface area contributed by atoms with Crippen molar-refractivity contribution in [2.75, 3.05) is 51.3 Å². The summed E-state index contributed by atoms with van der Waals surface area (Å²) >= 11 is 0. The van der Waals surface area contributed by atoms with E-state index in [2.05, 4.69) is 27.1 Å². The summed E-state index contributed by atoms with van der Waals surface area (Å²) in [7, 11) is 2.12. The fraction of sp³-hybridized carbons (Fsp3) is 0.625. The SMILES string of the molecule is CN1CCC(C(=O)NC2CCC(CCCc3cc(-n4c(C(F)F)nc5ccccc54)nc(N4CCOCC4)n3)CC2)CC1. The summed E-state index contributed by atoms with van der Waals surface area (Å²) in [6, 6.07) is 9.32. The maximum Gasteiger partial charge on any atom is 0.296 e. The number of carbonyl (C=O) groups excluding carboxylic acids is 1. The highest BCUT2D eigenvalue weighted by molar-refractivity contribution is 5.79. The van der Waals surface area contributed by atoms with Gasteiger partial charge in [0.25, 0.3) is 6.43 Å². The van der Waals surface area contributed by atoms with E-state index in [4.69, 9.17) is 14.7 Å². The Labute approximate surface area is 252 Å². The Morgan fingerprint density at radius 3 is 2.49 bits per heavy atom. The number of hydrogen-bond donors (Lipinski definition) is 1. The number of aryl methyl sites for hydroxylation is 1. The zero-order valence-corrected chi connectivity index (χ0v) is 25.1. The molecule has 232 valence electrons. The van der Waals surface area contributed by atoms with Gasteiger partial charge in [-0.1, -0.05) is 18.6 Å². The lowest BCUT2D eigenvalue weighted by atomic mass is 9.82. The van der Waals surface area contributed by atoms with Gasteiger partial charge in [0.2, 0.25) is 11.9 Å². The molecule has 4 heterocycles. The van der Waals surface area contributed by atoms with Crippen molar-refractivity contribution in [3.05, 3.63) is 41.9 Å². The minimum atomic E-state index is -2.73. The van der Waals surface area contributed by atoms with Crippen molar-refractivity contribution in [2.24, 2.45) is 11.8 Å². The van der Waals surface area contributed by atoms with Crippen LogP contribution in [0.15, 0.2) is 30.3 Å². The number of amides is 1. The van der Waals surface area contributed by atoms with Crippen molar-refractivity contribution in [2.45, 2.75) is 70.3 Å². The molecular formula is C32H43F2N7O2. The standard InChI is InChI=1S/C32H43F2N7O2/c1-39-15-13-23(14-16-39)31(42)35-24-11-9-22(10-12-24)5-4-6-25-21-28(38-32(36-25)40-17-19-43-20-18-40)41-27-8-3-2-7-26(27)37-30(41)29(33)34/h2-3,7-8,21-24,29H,4-6,9-20H2,1H3,(H,35,42). The van der Waals surface area contributed by atoms with Crippen LogP contribution in [0.5, 0.6) is 0 Å². The van der Waals surface area contributed by atoms with Gasteiger partial charge in [-0.3, -0.25) is 9.36 Å². The molecule has 1 amide bonds. The maximum atomic E-state index is 14.1.